The van der Waals surface area contributed by atoms with Crippen LogP contribution in [0.3, 0.4) is 0 Å². The average Bonchev–Trinajstić information content (AvgIpc) is 2.64. The molecule has 1 aromatic carbocycles. The number of rotatable bonds is 4. The van der Waals surface area contributed by atoms with Crippen LogP contribution in [-0.4, -0.2) is 10.6 Å². The zero-order valence-electron chi connectivity index (χ0n) is 10.3. The Hall–Kier alpha value is -1.28. The standard InChI is InChI=1S/C14H20N2/c1-4-11(2)15-9-12-10-16(3)14-8-6-5-7-13(12)14/h5-8,10-11,15H,4,9H2,1-3H3/t11-/m1/s1. The van der Waals surface area contributed by atoms with Gasteiger partial charge in [0.2, 0.25) is 0 Å². The van der Waals surface area contributed by atoms with Crippen molar-refractivity contribution in [2.24, 2.45) is 7.05 Å². The summed E-state index contributed by atoms with van der Waals surface area (Å²) >= 11 is 0. The van der Waals surface area contributed by atoms with Crippen LogP contribution >= 0.6 is 0 Å². The summed E-state index contributed by atoms with van der Waals surface area (Å²) in [6, 6.07) is 9.15. The monoisotopic (exact) mass is 216 g/mol. The van der Waals surface area contributed by atoms with Crippen LogP contribution in [0.15, 0.2) is 30.5 Å². The van der Waals surface area contributed by atoms with E-state index < -0.39 is 0 Å². The number of hydrogen-bond acceptors (Lipinski definition) is 1. The Kier molecular flexibility index (Phi) is 3.30. The normalized spacial score (nSPS) is 13.2. The first-order valence-electron chi connectivity index (χ1n) is 5.98. The first-order chi connectivity index (χ1) is 7.72. The Bertz CT molecular complexity index is 471. The molecule has 1 heterocycles. The predicted octanol–water partition coefficient (Wildman–Crippen LogP) is 3.07. The van der Waals surface area contributed by atoms with Crippen LogP contribution in [0.4, 0.5) is 0 Å². The topological polar surface area (TPSA) is 17.0 Å². The van der Waals surface area contributed by atoms with Crippen molar-refractivity contribution in [3.63, 3.8) is 0 Å². The van der Waals surface area contributed by atoms with Gasteiger partial charge in [-0.15, -0.1) is 0 Å². The van der Waals surface area contributed by atoms with Gasteiger partial charge in [-0.1, -0.05) is 25.1 Å². The third-order valence-corrected chi connectivity index (χ3v) is 3.23. The van der Waals surface area contributed by atoms with Crippen molar-refractivity contribution in [1.29, 1.82) is 0 Å². The van der Waals surface area contributed by atoms with Crippen LogP contribution in [0.2, 0.25) is 0 Å². The van der Waals surface area contributed by atoms with E-state index in [4.69, 9.17) is 0 Å². The van der Waals surface area contributed by atoms with Crippen molar-refractivity contribution in [2.45, 2.75) is 32.9 Å². The van der Waals surface area contributed by atoms with Crippen LogP contribution in [0, 0.1) is 0 Å². The largest absolute Gasteiger partial charge is 0.350 e. The Morgan fingerprint density at radius 3 is 2.81 bits per heavy atom. The molecule has 0 bridgehead atoms. The van der Waals surface area contributed by atoms with Crippen LogP contribution in [0.1, 0.15) is 25.8 Å². The van der Waals surface area contributed by atoms with Gasteiger partial charge in [0, 0.05) is 36.7 Å². The number of benzene rings is 1. The second-order valence-corrected chi connectivity index (χ2v) is 4.47. The summed E-state index contributed by atoms with van der Waals surface area (Å²) in [7, 11) is 2.11. The minimum atomic E-state index is 0.582. The molecule has 0 amide bonds. The first kappa shape index (κ1) is 11.2. The summed E-state index contributed by atoms with van der Waals surface area (Å²) in [5.74, 6) is 0. The summed E-state index contributed by atoms with van der Waals surface area (Å²) in [6.45, 7) is 5.39. The lowest BCUT2D eigenvalue weighted by Gasteiger charge is -2.10. The fourth-order valence-electron chi connectivity index (χ4n) is 1.99. The molecule has 0 saturated carbocycles. The zero-order valence-corrected chi connectivity index (χ0v) is 10.3. The second-order valence-electron chi connectivity index (χ2n) is 4.47. The Labute approximate surface area is 97.3 Å². The van der Waals surface area contributed by atoms with Crippen molar-refractivity contribution in [1.82, 2.24) is 9.88 Å². The van der Waals surface area contributed by atoms with Gasteiger partial charge in [0.1, 0.15) is 0 Å². The summed E-state index contributed by atoms with van der Waals surface area (Å²) in [4.78, 5) is 0. The van der Waals surface area contributed by atoms with E-state index in [1.54, 1.807) is 0 Å². The van der Waals surface area contributed by atoms with Gasteiger partial charge in [-0.2, -0.15) is 0 Å². The molecule has 0 aliphatic rings. The van der Waals surface area contributed by atoms with E-state index in [2.05, 4.69) is 61.2 Å². The molecule has 2 heteroatoms. The fourth-order valence-corrected chi connectivity index (χ4v) is 1.99. The number of nitrogens with zero attached hydrogens (tertiary/aromatic N) is 1. The molecule has 1 atom stereocenters. The summed E-state index contributed by atoms with van der Waals surface area (Å²) < 4.78 is 2.20. The maximum atomic E-state index is 3.54. The Morgan fingerprint density at radius 1 is 1.31 bits per heavy atom. The van der Waals surface area contributed by atoms with E-state index in [1.807, 2.05) is 0 Å². The number of aryl methyl sites for hydroxylation is 1. The molecule has 86 valence electrons. The molecular weight excluding hydrogens is 196 g/mol. The van der Waals surface area contributed by atoms with Gasteiger partial charge < -0.3 is 9.88 Å². The molecule has 0 aliphatic carbocycles. The van der Waals surface area contributed by atoms with E-state index in [0.29, 0.717) is 6.04 Å². The second kappa shape index (κ2) is 4.71. The van der Waals surface area contributed by atoms with Crippen molar-refractivity contribution in [2.75, 3.05) is 0 Å². The number of para-hydroxylation sites is 1. The molecular formula is C14H20N2. The molecule has 0 unspecified atom stereocenters. The Balaban J connectivity index is 2.24. The lowest BCUT2D eigenvalue weighted by molar-refractivity contribution is 0.535. The molecule has 0 spiro atoms. The van der Waals surface area contributed by atoms with Crippen LogP contribution in [-0.2, 0) is 13.6 Å². The molecule has 0 radical (unpaired) electrons. The Morgan fingerprint density at radius 2 is 2.06 bits per heavy atom. The molecule has 0 fully saturated rings. The molecule has 16 heavy (non-hydrogen) atoms. The van der Waals surface area contributed by atoms with Gasteiger partial charge in [-0.25, -0.2) is 0 Å². The van der Waals surface area contributed by atoms with E-state index in [9.17, 15) is 0 Å². The molecule has 2 rings (SSSR count). The molecule has 1 aromatic heterocycles. The number of aromatic nitrogens is 1. The third-order valence-electron chi connectivity index (χ3n) is 3.23. The minimum absolute atomic E-state index is 0.582. The van der Waals surface area contributed by atoms with Crippen LogP contribution in [0.5, 0.6) is 0 Å². The minimum Gasteiger partial charge on any atom is -0.350 e. The van der Waals surface area contributed by atoms with Crippen LogP contribution in [0.25, 0.3) is 10.9 Å². The average molecular weight is 216 g/mol. The first-order valence-corrected chi connectivity index (χ1v) is 5.98. The highest BCUT2D eigenvalue weighted by Gasteiger charge is 2.06. The number of hydrogen-bond donors (Lipinski definition) is 1. The summed E-state index contributed by atoms with van der Waals surface area (Å²) in [6.07, 6.45) is 3.39. The SMILES string of the molecule is CC[C@@H](C)NCc1cn(C)c2ccccc12. The van der Waals surface area contributed by atoms with E-state index in [1.165, 1.54) is 22.9 Å². The number of fused-ring (bicyclic) bond motifs is 1. The molecule has 1 N–H and O–H groups in total. The van der Waals surface area contributed by atoms with Gasteiger partial charge in [-0.3, -0.25) is 0 Å². The highest BCUT2D eigenvalue weighted by molar-refractivity contribution is 5.83. The zero-order chi connectivity index (χ0) is 11.5. The lowest BCUT2D eigenvalue weighted by Crippen LogP contribution is -2.24. The number of nitrogens with one attached hydrogen (secondary N) is 1. The van der Waals surface area contributed by atoms with Gasteiger partial charge >= 0.3 is 0 Å². The van der Waals surface area contributed by atoms with Gasteiger partial charge in [-0.05, 0) is 25.0 Å². The third kappa shape index (κ3) is 2.12. The lowest BCUT2D eigenvalue weighted by atomic mass is 10.1. The maximum Gasteiger partial charge on any atom is 0.0481 e. The summed E-state index contributed by atoms with van der Waals surface area (Å²) in [5, 5.41) is 4.90. The van der Waals surface area contributed by atoms with Crippen molar-refractivity contribution in [3.8, 4) is 0 Å². The molecule has 0 aliphatic heterocycles. The fraction of sp³-hybridized carbons (Fsp3) is 0.429. The van der Waals surface area contributed by atoms with Crippen molar-refractivity contribution in [3.05, 3.63) is 36.0 Å². The van der Waals surface area contributed by atoms with Crippen molar-refractivity contribution < 1.29 is 0 Å². The maximum absolute atomic E-state index is 3.54. The molecule has 2 aromatic rings. The van der Waals surface area contributed by atoms with E-state index in [-0.39, 0.29) is 0 Å². The highest BCUT2D eigenvalue weighted by Crippen LogP contribution is 2.20. The van der Waals surface area contributed by atoms with Crippen LogP contribution < -0.4 is 5.32 Å². The van der Waals surface area contributed by atoms with Gasteiger partial charge in [0.05, 0.1) is 0 Å². The van der Waals surface area contributed by atoms with Gasteiger partial charge in [0.15, 0.2) is 0 Å². The predicted molar refractivity (Wildman–Crippen MR) is 69.5 cm³/mol. The highest BCUT2D eigenvalue weighted by atomic mass is 14.9. The van der Waals surface area contributed by atoms with E-state index in [0.717, 1.165) is 6.54 Å². The van der Waals surface area contributed by atoms with E-state index >= 15 is 0 Å². The van der Waals surface area contributed by atoms with Crippen molar-refractivity contribution >= 4 is 10.9 Å². The van der Waals surface area contributed by atoms with Gasteiger partial charge in [0.25, 0.3) is 0 Å². The molecule has 2 nitrogen and oxygen atoms in total. The smallest absolute Gasteiger partial charge is 0.0481 e. The summed E-state index contributed by atoms with van der Waals surface area (Å²) in [5.41, 5.74) is 2.70. The molecule has 0 saturated heterocycles. The quantitative estimate of drug-likeness (QED) is 0.831.